The third-order valence-electron chi connectivity index (χ3n) is 6.67. The molecule has 1 saturated heterocycles. The average molecular weight is 425 g/mol. The first-order valence-electron chi connectivity index (χ1n) is 11.6. The summed E-state index contributed by atoms with van der Waals surface area (Å²) < 4.78 is 11.5. The van der Waals surface area contributed by atoms with E-state index in [1.165, 1.54) is 31.4 Å². The molecule has 1 saturated carbocycles. The van der Waals surface area contributed by atoms with Gasteiger partial charge in [0.25, 0.3) is 0 Å². The van der Waals surface area contributed by atoms with Crippen LogP contribution in [0.2, 0.25) is 0 Å². The maximum Gasteiger partial charge on any atom is 0.230 e. The minimum Gasteiger partial charge on any atom is -0.477 e. The Labute approximate surface area is 186 Å². The molecule has 2 heterocycles. The Morgan fingerprint density at radius 1 is 1.03 bits per heavy atom. The van der Waals surface area contributed by atoms with E-state index in [-0.39, 0.29) is 0 Å². The molecule has 0 amide bonds. The van der Waals surface area contributed by atoms with Crippen molar-refractivity contribution >= 4 is 17.3 Å². The molecule has 2 aliphatic rings. The van der Waals surface area contributed by atoms with Crippen LogP contribution in [0.3, 0.4) is 0 Å². The summed E-state index contributed by atoms with van der Waals surface area (Å²) in [6.07, 6.45) is 6.84. The van der Waals surface area contributed by atoms with E-state index >= 15 is 0 Å². The van der Waals surface area contributed by atoms with Crippen molar-refractivity contribution in [2.45, 2.75) is 46.5 Å². The molecule has 4 rings (SSSR count). The zero-order valence-electron chi connectivity index (χ0n) is 19.1. The summed E-state index contributed by atoms with van der Waals surface area (Å²) in [5, 5.41) is 3.29. The third-order valence-corrected chi connectivity index (χ3v) is 6.67. The van der Waals surface area contributed by atoms with Gasteiger partial charge in [-0.2, -0.15) is 4.98 Å². The summed E-state index contributed by atoms with van der Waals surface area (Å²) in [4.78, 5) is 11.2. The highest BCUT2D eigenvalue weighted by Crippen LogP contribution is 2.39. The van der Waals surface area contributed by atoms with Crippen molar-refractivity contribution in [1.82, 2.24) is 9.97 Å². The molecule has 1 aromatic heterocycles. The summed E-state index contributed by atoms with van der Waals surface area (Å²) in [6.45, 7) is 11.3. The van der Waals surface area contributed by atoms with Gasteiger partial charge in [-0.05, 0) is 67.2 Å². The number of anilines is 3. The molecule has 168 valence electrons. The number of nitrogens with one attached hydrogen (secondary N) is 1. The van der Waals surface area contributed by atoms with Gasteiger partial charge in [-0.1, -0.05) is 20.8 Å². The molecule has 0 atom stereocenters. The number of benzene rings is 1. The van der Waals surface area contributed by atoms with Crippen LogP contribution in [0.25, 0.3) is 0 Å². The Morgan fingerprint density at radius 3 is 2.42 bits per heavy atom. The molecule has 1 aromatic carbocycles. The molecule has 31 heavy (non-hydrogen) atoms. The van der Waals surface area contributed by atoms with Crippen molar-refractivity contribution in [3.05, 3.63) is 36.5 Å². The molecule has 0 unspecified atom stereocenters. The van der Waals surface area contributed by atoms with Gasteiger partial charge < -0.3 is 19.7 Å². The number of hydrogen-bond acceptors (Lipinski definition) is 6. The van der Waals surface area contributed by atoms with Crippen molar-refractivity contribution in [2.75, 3.05) is 43.1 Å². The summed E-state index contributed by atoms with van der Waals surface area (Å²) in [7, 11) is 0. The van der Waals surface area contributed by atoms with Gasteiger partial charge in [-0.15, -0.1) is 0 Å². The second-order valence-electron chi connectivity index (χ2n) is 9.88. The zero-order valence-corrected chi connectivity index (χ0v) is 19.1. The van der Waals surface area contributed by atoms with E-state index in [0.717, 1.165) is 44.5 Å². The lowest BCUT2D eigenvalue weighted by atomic mass is 9.70. The van der Waals surface area contributed by atoms with Gasteiger partial charge in [-0.3, -0.25) is 0 Å². The first-order chi connectivity index (χ1) is 15.0. The zero-order chi connectivity index (χ0) is 21.7. The predicted molar refractivity (Wildman–Crippen MR) is 125 cm³/mol. The molecule has 0 spiro atoms. The van der Waals surface area contributed by atoms with Crippen LogP contribution >= 0.6 is 0 Å². The van der Waals surface area contributed by atoms with E-state index in [9.17, 15) is 0 Å². The van der Waals surface area contributed by atoms with Crippen LogP contribution in [0.4, 0.5) is 17.3 Å². The lowest BCUT2D eigenvalue weighted by molar-refractivity contribution is 0.120. The van der Waals surface area contributed by atoms with Gasteiger partial charge in [0, 0.05) is 36.7 Å². The monoisotopic (exact) mass is 424 g/mol. The Kier molecular flexibility index (Phi) is 6.96. The van der Waals surface area contributed by atoms with Crippen LogP contribution in [-0.2, 0) is 4.74 Å². The van der Waals surface area contributed by atoms with Gasteiger partial charge in [0.15, 0.2) is 0 Å². The first-order valence-corrected chi connectivity index (χ1v) is 11.6. The molecule has 1 N–H and O–H groups in total. The largest absolute Gasteiger partial charge is 0.477 e. The Bertz CT molecular complexity index is 820. The Morgan fingerprint density at radius 2 is 1.74 bits per heavy atom. The average Bonchev–Trinajstić information content (AvgIpc) is 2.79. The number of ether oxygens (including phenoxy) is 2. The molecule has 2 aromatic rings. The highest BCUT2D eigenvalue weighted by atomic mass is 16.5. The summed E-state index contributed by atoms with van der Waals surface area (Å²) in [5.74, 6) is 2.65. The smallest absolute Gasteiger partial charge is 0.230 e. The van der Waals surface area contributed by atoms with Crippen molar-refractivity contribution in [3.8, 4) is 5.88 Å². The van der Waals surface area contributed by atoms with Gasteiger partial charge in [-0.25, -0.2) is 4.98 Å². The standard InChI is InChI=1S/C25H36N4O2/c1-25(2,3)20-6-4-19(5-7-20)18-31-23-12-13-26-24(28-23)27-21-8-10-22(11-9-21)29-14-16-30-17-15-29/h8-13,19-20H,4-7,14-18H2,1-3H3,(H,26,27,28). The van der Waals surface area contributed by atoms with Crippen LogP contribution in [-0.4, -0.2) is 42.9 Å². The van der Waals surface area contributed by atoms with E-state index in [1.54, 1.807) is 6.20 Å². The Balaban J connectivity index is 1.27. The lowest BCUT2D eigenvalue weighted by Crippen LogP contribution is -2.36. The fraction of sp³-hybridized carbons (Fsp3) is 0.600. The van der Waals surface area contributed by atoms with Crippen molar-refractivity contribution in [3.63, 3.8) is 0 Å². The molecular formula is C25H36N4O2. The van der Waals surface area contributed by atoms with Crippen LogP contribution < -0.4 is 15.0 Å². The summed E-state index contributed by atoms with van der Waals surface area (Å²) >= 11 is 0. The van der Waals surface area contributed by atoms with Crippen molar-refractivity contribution in [1.29, 1.82) is 0 Å². The normalized spacial score (nSPS) is 22.2. The van der Waals surface area contributed by atoms with Crippen LogP contribution in [0, 0.1) is 17.3 Å². The van der Waals surface area contributed by atoms with Crippen molar-refractivity contribution < 1.29 is 9.47 Å². The fourth-order valence-corrected chi connectivity index (χ4v) is 4.59. The molecule has 1 aliphatic carbocycles. The van der Waals surface area contributed by atoms with Crippen LogP contribution in [0.1, 0.15) is 46.5 Å². The highest BCUT2D eigenvalue weighted by Gasteiger charge is 2.29. The van der Waals surface area contributed by atoms with E-state index in [2.05, 4.69) is 65.2 Å². The van der Waals surface area contributed by atoms with E-state index in [1.807, 2.05) is 6.07 Å². The number of morpholine rings is 1. The SMILES string of the molecule is CC(C)(C)C1CCC(COc2ccnc(Nc3ccc(N4CCOCC4)cc3)n2)CC1. The van der Waals surface area contributed by atoms with Crippen molar-refractivity contribution in [2.24, 2.45) is 17.3 Å². The molecule has 0 bridgehead atoms. The minimum absolute atomic E-state index is 0.416. The summed E-state index contributed by atoms with van der Waals surface area (Å²) in [5.41, 5.74) is 2.60. The molecule has 0 radical (unpaired) electrons. The van der Waals surface area contributed by atoms with Gasteiger partial charge in [0.2, 0.25) is 11.8 Å². The third kappa shape index (κ3) is 6.10. The number of rotatable bonds is 6. The molecule has 6 nitrogen and oxygen atoms in total. The molecule has 1 aliphatic heterocycles. The van der Waals surface area contributed by atoms with Gasteiger partial charge in [0.1, 0.15) is 0 Å². The van der Waals surface area contributed by atoms with Gasteiger partial charge >= 0.3 is 0 Å². The van der Waals surface area contributed by atoms with E-state index in [0.29, 0.717) is 23.2 Å². The van der Waals surface area contributed by atoms with E-state index < -0.39 is 0 Å². The fourth-order valence-electron chi connectivity index (χ4n) is 4.59. The molecule has 2 fully saturated rings. The van der Waals surface area contributed by atoms with Crippen LogP contribution in [0.15, 0.2) is 36.5 Å². The predicted octanol–water partition coefficient (Wildman–Crippen LogP) is 5.29. The maximum absolute atomic E-state index is 6.03. The summed E-state index contributed by atoms with van der Waals surface area (Å²) in [6, 6.07) is 10.2. The Hall–Kier alpha value is -2.34. The number of nitrogens with zero attached hydrogens (tertiary/aromatic N) is 3. The molecular weight excluding hydrogens is 388 g/mol. The first kappa shape index (κ1) is 21.9. The van der Waals surface area contributed by atoms with Crippen LogP contribution in [0.5, 0.6) is 5.88 Å². The van der Waals surface area contributed by atoms with E-state index in [4.69, 9.17) is 9.47 Å². The highest BCUT2D eigenvalue weighted by molar-refractivity contribution is 5.59. The minimum atomic E-state index is 0.416. The van der Waals surface area contributed by atoms with Gasteiger partial charge in [0.05, 0.1) is 19.8 Å². The second-order valence-corrected chi connectivity index (χ2v) is 9.88. The maximum atomic E-state index is 6.03. The number of hydrogen-bond donors (Lipinski definition) is 1. The quantitative estimate of drug-likeness (QED) is 0.680. The number of aromatic nitrogens is 2. The second kappa shape index (κ2) is 9.86. The lowest BCUT2D eigenvalue weighted by Gasteiger charge is -2.36. The topological polar surface area (TPSA) is 59.5 Å². The molecule has 6 heteroatoms.